The fourth-order valence-corrected chi connectivity index (χ4v) is 2.32. The number of rotatable bonds is 5. The van der Waals surface area contributed by atoms with Crippen molar-refractivity contribution in [1.82, 2.24) is 9.55 Å². The Labute approximate surface area is 110 Å². The van der Waals surface area contributed by atoms with Crippen molar-refractivity contribution in [3.05, 3.63) is 22.7 Å². The van der Waals surface area contributed by atoms with Gasteiger partial charge >= 0.3 is 0 Å². The van der Waals surface area contributed by atoms with Gasteiger partial charge in [0.1, 0.15) is 0 Å². The van der Waals surface area contributed by atoms with Gasteiger partial charge in [-0.2, -0.15) is 0 Å². The molecule has 0 saturated heterocycles. The Balaban J connectivity index is 2.24. The summed E-state index contributed by atoms with van der Waals surface area (Å²) in [7, 11) is 1.77. The molecule has 0 N–H and O–H groups in total. The molecule has 0 aromatic carbocycles. The molecule has 0 atom stereocenters. The molecule has 0 radical (unpaired) electrons. The quantitative estimate of drug-likeness (QED) is 0.780. The van der Waals surface area contributed by atoms with Crippen LogP contribution in [0.25, 0.3) is 0 Å². The first-order valence-corrected chi connectivity index (χ1v) is 7.20. The molecule has 94 valence electrons. The molecule has 0 spiro atoms. The molecular formula is C12H18BrN3O. The lowest BCUT2D eigenvalue weighted by Crippen LogP contribution is -2.44. The van der Waals surface area contributed by atoms with Gasteiger partial charge in [-0.1, -0.05) is 15.9 Å². The normalized spacial score (nSPS) is 15.6. The van der Waals surface area contributed by atoms with Crippen LogP contribution in [0, 0.1) is 0 Å². The van der Waals surface area contributed by atoms with Crippen LogP contribution < -0.4 is 10.5 Å². The Hall–Kier alpha value is -0.840. The summed E-state index contributed by atoms with van der Waals surface area (Å²) < 4.78 is 1.60. The molecular weight excluding hydrogens is 282 g/mol. The van der Waals surface area contributed by atoms with Crippen LogP contribution in [0.3, 0.4) is 0 Å². The summed E-state index contributed by atoms with van der Waals surface area (Å²) in [6.45, 7) is 0.905. The van der Waals surface area contributed by atoms with Crippen molar-refractivity contribution in [3.63, 3.8) is 0 Å². The van der Waals surface area contributed by atoms with Gasteiger partial charge in [-0.3, -0.25) is 4.79 Å². The summed E-state index contributed by atoms with van der Waals surface area (Å²) in [6.07, 6.45) is 8.08. The van der Waals surface area contributed by atoms with E-state index in [9.17, 15) is 4.79 Å². The minimum absolute atomic E-state index is 0.00831. The molecule has 1 aromatic rings. The third-order valence-electron chi connectivity index (χ3n) is 3.32. The maximum absolute atomic E-state index is 12.1. The van der Waals surface area contributed by atoms with Gasteiger partial charge in [0.25, 0.3) is 5.56 Å². The lowest BCUT2D eigenvalue weighted by Gasteiger charge is -2.38. The lowest BCUT2D eigenvalue weighted by molar-refractivity contribution is 0.382. The fraction of sp³-hybridized carbons (Fsp3) is 0.667. The van der Waals surface area contributed by atoms with Crippen molar-refractivity contribution in [2.24, 2.45) is 7.05 Å². The lowest BCUT2D eigenvalue weighted by atomic mass is 9.91. The van der Waals surface area contributed by atoms with E-state index in [-0.39, 0.29) is 5.56 Å². The van der Waals surface area contributed by atoms with E-state index in [2.05, 4.69) is 25.8 Å². The number of nitrogens with zero attached hydrogens (tertiary/aromatic N) is 3. The zero-order chi connectivity index (χ0) is 12.3. The molecule has 1 aliphatic carbocycles. The molecule has 1 aromatic heterocycles. The molecule has 0 unspecified atom stereocenters. The highest BCUT2D eigenvalue weighted by atomic mass is 79.9. The van der Waals surface area contributed by atoms with E-state index in [0.717, 1.165) is 18.3 Å². The highest BCUT2D eigenvalue weighted by Crippen LogP contribution is 2.27. The Morgan fingerprint density at radius 2 is 2.35 bits per heavy atom. The summed E-state index contributed by atoms with van der Waals surface area (Å²) in [5, 5.41) is 0.962. The number of alkyl halides is 1. The van der Waals surface area contributed by atoms with Gasteiger partial charge in [-0.25, -0.2) is 4.98 Å². The van der Waals surface area contributed by atoms with Crippen molar-refractivity contribution >= 4 is 21.7 Å². The number of hydrogen-bond acceptors (Lipinski definition) is 3. The summed E-state index contributed by atoms with van der Waals surface area (Å²) in [6, 6.07) is 0.511. The second-order valence-electron chi connectivity index (χ2n) is 4.49. The molecule has 1 saturated carbocycles. The maximum Gasteiger partial charge on any atom is 0.293 e. The van der Waals surface area contributed by atoms with E-state index in [1.807, 2.05) is 0 Å². The van der Waals surface area contributed by atoms with E-state index in [1.165, 1.54) is 19.3 Å². The second-order valence-corrected chi connectivity index (χ2v) is 5.28. The summed E-state index contributed by atoms with van der Waals surface area (Å²) >= 11 is 3.44. The maximum atomic E-state index is 12.1. The number of aryl methyl sites for hydroxylation is 1. The molecule has 5 heteroatoms. The van der Waals surface area contributed by atoms with Crippen LogP contribution >= 0.6 is 15.9 Å². The van der Waals surface area contributed by atoms with Gasteiger partial charge in [0, 0.05) is 37.4 Å². The van der Waals surface area contributed by atoms with Crippen LogP contribution in [0.1, 0.15) is 25.7 Å². The standard InChI is InChI=1S/C12H18BrN3O/c1-15-9-7-14-11(12(15)17)16(8-3-6-13)10-4-2-5-10/h7,9-10H,2-6,8H2,1H3. The predicted octanol–water partition coefficient (Wildman–Crippen LogP) is 1.92. The largest absolute Gasteiger partial charge is 0.349 e. The second kappa shape index (κ2) is 5.67. The van der Waals surface area contributed by atoms with E-state index >= 15 is 0 Å². The van der Waals surface area contributed by atoms with E-state index in [1.54, 1.807) is 24.0 Å². The van der Waals surface area contributed by atoms with Crippen LogP contribution in [-0.4, -0.2) is 27.5 Å². The van der Waals surface area contributed by atoms with Gasteiger partial charge in [-0.05, 0) is 25.7 Å². The summed E-state index contributed by atoms with van der Waals surface area (Å²) in [5.74, 6) is 0.612. The van der Waals surface area contributed by atoms with Crippen molar-refractivity contribution in [3.8, 4) is 0 Å². The molecule has 0 amide bonds. The van der Waals surface area contributed by atoms with Crippen LogP contribution in [0.15, 0.2) is 17.2 Å². The average molecular weight is 300 g/mol. The minimum atomic E-state index is 0.00831. The molecule has 0 bridgehead atoms. The zero-order valence-electron chi connectivity index (χ0n) is 10.1. The minimum Gasteiger partial charge on any atom is -0.349 e. The molecule has 2 rings (SSSR count). The molecule has 1 aliphatic rings. The van der Waals surface area contributed by atoms with E-state index < -0.39 is 0 Å². The van der Waals surface area contributed by atoms with Crippen LogP contribution in [-0.2, 0) is 7.05 Å². The van der Waals surface area contributed by atoms with Crippen molar-refractivity contribution in [2.45, 2.75) is 31.7 Å². The topological polar surface area (TPSA) is 38.1 Å². The highest BCUT2D eigenvalue weighted by molar-refractivity contribution is 9.09. The van der Waals surface area contributed by atoms with Gasteiger partial charge < -0.3 is 9.47 Å². The first-order valence-electron chi connectivity index (χ1n) is 6.08. The zero-order valence-corrected chi connectivity index (χ0v) is 11.7. The number of halogens is 1. The van der Waals surface area contributed by atoms with E-state index in [0.29, 0.717) is 11.9 Å². The number of aromatic nitrogens is 2. The molecule has 0 aliphatic heterocycles. The van der Waals surface area contributed by atoms with Crippen molar-refractivity contribution < 1.29 is 0 Å². The Morgan fingerprint density at radius 3 is 2.94 bits per heavy atom. The van der Waals surface area contributed by atoms with Gasteiger partial charge in [0.2, 0.25) is 0 Å². The first kappa shape index (κ1) is 12.6. The highest BCUT2D eigenvalue weighted by Gasteiger charge is 2.27. The number of hydrogen-bond donors (Lipinski definition) is 0. The van der Waals surface area contributed by atoms with Gasteiger partial charge in [0.05, 0.1) is 0 Å². The van der Waals surface area contributed by atoms with Gasteiger partial charge in [-0.15, -0.1) is 0 Å². The van der Waals surface area contributed by atoms with Crippen molar-refractivity contribution in [2.75, 3.05) is 16.8 Å². The Bertz CT molecular complexity index is 428. The van der Waals surface area contributed by atoms with Gasteiger partial charge in [0.15, 0.2) is 5.82 Å². The molecule has 17 heavy (non-hydrogen) atoms. The monoisotopic (exact) mass is 299 g/mol. The van der Waals surface area contributed by atoms with E-state index in [4.69, 9.17) is 0 Å². The molecule has 1 heterocycles. The first-order chi connectivity index (χ1) is 8.24. The SMILES string of the molecule is Cn1ccnc(N(CCCBr)C2CCC2)c1=O. The van der Waals surface area contributed by atoms with Crippen molar-refractivity contribution in [1.29, 1.82) is 0 Å². The summed E-state index contributed by atoms with van der Waals surface area (Å²) in [5.41, 5.74) is 0.00831. The summed E-state index contributed by atoms with van der Waals surface area (Å²) in [4.78, 5) is 18.5. The van der Waals surface area contributed by atoms with Crippen LogP contribution in [0.5, 0.6) is 0 Å². The number of anilines is 1. The third kappa shape index (κ3) is 2.70. The molecule has 1 fully saturated rings. The Kier molecular flexibility index (Phi) is 4.20. The Morgan fingerprint density at radius 1 is 1.59 bits per heavy atom. The average Bonchev–Trinajstić information content (AvgIpc) is 2.26. The van der Waals surface area contributed by atoms with Crippen LogP contribution in [0.2, 0.25) is 0 Å². The molecule has 4 nitrogen and oxygen atoms in total. The smallest absolute Gasteiger partial charge is 0.293 e. The van der Waals surface area contributed by atoms with Crippen LogP contribution in [0.4, 0.5) is 5.82 Å². The third-order valence-corrected chi connectivity index (χ3v) is 3.88. The predicted molar refractivity (Wildman–Crippen MR) is 72.9 cm³/mol. The fourth-order valence-electron chi connectivity index (χ4n) is 2.07.